The number of guanidine groups is 2. The molecule has 20 heteroatoms. The van der Waals surface area contributed by atoms with Crippen molar-refractivity contribution in [2.24, 2.45) is 21.5 Å². The molecule has 4 heterocycles. The van der Waals surface area contributed by atoms with Crippen LogP contribution in [0.5, 0.6) is 11.5 Å². The summed E-state index contributed by atoms with van der Waals surface area (Å²) >= 11 is 3.47. The van der Waals surface area contributed by atoms with E-state index in [4.69, 9.17) is 31.0 Å². The van der Waals surface area contributed by atoms with Crippen molar-refractivity contribution in [3.8, 4) is 22.6 Å². The van der Waals surface area contributed by atoms with E-state index in [2.05, 4.69) is 25.9 Å². The number of nitrogens with two attached hydrogens (primary N) is 2. The molecule has 16 nitrogen and oxygen atoms in total. The standard InChI is InChI=1S/C25H23N3O4S.C18H16BrN3O2.C7H9BO4S/c1-28-23(29)25(27-24(28)26)15-22(17-6-4-3-5-7-17)32-21-13-10-18(14-20(21)25)16-8-11-19(12-9-16)33(2,30)31;1-22-16(23)18(21-17(22)20)10-15(11-5-3-2-4-6-11)24-14-8-7-12(19)9-13(14)18;1-13(11,12)7-4-2-6(3-5-7)8(9)10/h3-14,22H,15H2,1-2H3,(H2,26,27);2-9,15H,10H2,1H3,(H2,20,21);2-5,9-10H,1H3. The molecule has 0 fully saturated rings. The molecule has 6 aromatic carbocycles. The fraction of sp³-hybridized carbons (Fsp3) is 0.200. The number of nitrogens with zero attached hydrogens (tertiary/aromatic N) is 4. The van der Waals surface area contributed by atoms with Crippen molar-refractivity contribution in [1.82, 2.24) is 9.80 Å². The van der Waals surface area contributed by atoms with Gasteiger partial charge in [-0.2, -0.15) is 0 Å². The number of likely N-dealkylation sites (N-methyl/N-ethyl adjacent to an activating group) is 2. The van der Waals surface area contributed by atoms with E-state index < -0.39 is 37.9 Å². The molecule has 0 aromatic heterocycles. The van der Waals surface area contributed by atoms with Gasteiger partial charge in [0, 0.05) is 55.0 Å². The van der Waals surface area contributed by atoms with Crippen LogP contribution in [-0.4, -0.2) is 94.1 Å². The van der Waals surface area contributed by atoms with Gasteiger partial charge in [-0.05, 0) is 82.3 Å². The molecule has 4 aliphatic heterocycles. The number of amides is 2. The molecule has 360 valence electrons. The van der Waals surface area contributed by atoms with E-state index in [-0.39, 0.29) is 51.2 Å². The molecule has 70 heavy (non-hydrogen) atoms. The van der Waals surface area contributed by atoms with Gasteiger partial charge in [-0.15, -0.1) is 0 Å². The minimum atomic E-state index is -3.29. The summed E-state index contributed by atoms with van der Waals surface area (Å²) in [6, 6.07) is 43.0. The second-order valence-electron chi connectivity index (χ2n) is 17.2. The van der Waals surface area contributed by atoms with Crippen LogP contribution >= 0.6 is 15.9 Å². The monoisotopic (exact) mass is 1050 g/mol. The first-order chi connectivity index (χ1) is 33.1. The molecule has 4 atom stereocenters. The minimum absolute atomic E-state index is 0.122. The summed E-state index contributed by atoms with van der Waals surface area (Å²) in [5.41, 5.74) is 15.1. The molecule has 4 unspecified atom stereocenters. The van der Waals surface area contributed by atoms with Crippen molar-refractivity contribution < 1.29 is 45.9 Å². The Morgan fingerprint density at radius 1 is 0.600 bits per heavy atom. The van der Waals surface area contributed by atoms with Crippen LogP contribution in [0.4, 0.5) is 0 Å². The van der Waals surface area contributed by atoms with Crippen molar-refractivity contribution in [2.45, 2.75) is 45.9 Å². The first-order valence-corrected chi connectivity index (χ1v) is 26.3. The third-order valence-corrected chi connectivity index (χ3v) is 15.2. The number of carbonyl (C=O) groups is 2. The Labute approximate surface area is 414 Å². The van der Waals surface area contributed by atoms with Gasteiger partial charge in [0.25, 0.3) is 11.8 Å². The van der Waals surface area contributed by atoms with Crippen molar-refractivity contribution in [3.63, 3.8) is 0 Å². The number of benzene rings is 6. The number of hydrogen-bond donors (Lipinski definition) is 4. The number of rotatable bonds is 6. The van der Waals surface area contributed by atoms with E-state index in [9.17, 15) is 26.4 Å². The second-order valence-corrected chi connectivity index (χ2v) is 22.1. The highest BCUT2D eigenvalue weighted by molar-refractivity contribution is 9.10. The molecule has 6 N–H and O–H groups in total. The Bertz CT molecular complexity index is 3280. The third-order valence-electron chi connectivity index (χ3n) is 12.5. The molecule has 0 saturated heterocycles. The van der Waals surface area contributed by atoms with Crippen molar-refractivity contribution in [1.29, 1.82) is 0 Å². The quantitative estimate of drug-likeness (QED) is 0.161. The highest BCUT2D eigenvalue weighted by atomic mass is 79.9. The average molecular weight is 1050 g/mol. The fourth-order valence-corrected chi connectivity index (χ4v) is 10.3. The van der Waals surface area contributed by atoms with Crippen LogP contribution in [0.3, 0.4) is 0 Å². The van der Waals surface area contributed by atoms with Crippen LogP contribution in [0.15, 0.2) is 170 Å². The van der Waals surface area contributed by atoms with Crippen LogP contribution in [0.2, 0.25) is 0 Å². The topological polar surface area (TPSA) is 245 Å². The highest BCUT2D eigenvalue weighted by Gasteiger charge is 2.55. The molecule has 0 saturated carbocycles. The SMILES string of the molecule is CN1C(=O)C2(CC(c3ccccc3)Oc3ccc(-c4ccc(S(C)(=O)=O)cc4)cc32)N=C1N.CN1C(=O)C2(CC(c3ccccc3)Oc3ccc(Br)cc32)N=C1N.CS(=O)(=O)c1ccc(B(O)O)cc1. The molecule has 10 rings (SSSR count). The lowest BCUT2D eigenvalue weighted by Crippen LogP contribution is -2.43. The minimum Gasteiger partial charge on any atom is -0.485 e. The van der Waals surface area contributed by atoms with Crippen LogP contribution in [0, 0.1) is 0 Å². The zero-order chi connectivity index (χ0) is 50.3. The molecule has 0 aliphatic carbocycles. The Morgan fingerprint density at radius 2 is 1.00 bits per heavy atom. The molecule has 2 amide bonds. The van der Waals surface area contributed by atoms with E-state index in [1.165, 1.54) is 40.3 Å². The van der Waals surface area contributed by atoms with Crippen molar-refractivity contribution >= 4 is 71.9 Å². The molecular formula is C50H48BBrN6O10S2. The largest absolute Gasteiger partial charge is 0.488 e. The summed E-state index contributed by atoms with van der Waals surface area (Å²) < 4.78 is 59.0. The van der Waals surface area contributed by atoms with Crippen LogP contribution in [0.25, 0.3) is 11.1 Å². The average Bonchev–Trinajstić information content (AvgIpc) is 3.69. The fourth-order valence-electron chi connectivity index (χ4n) is 8.72. The van der Waals surface area contributed by atoms with Crippen LogP contribution in [-0.2, 0) is 40.3 Å². The number of hydrogen-bond acceptors (Lipinski definition) is 14. The Hall–Kier alpha value is -6.84. The van der Waals surface area contributed by atoms with Crippen LogP contribution < -0.4 is 26.4 Å². The number of carbonyl (C=O) groups excluding carboxylic acids is 2. The highest BCUT2D eigenvalue weighted by Crippen LogP contribution is 2.52. The van der Waals surface area contributed by atoms with Gasteiger partial charge in [-0.25, -0.2) is 26.8 Å². The number of aliphatic imine (C=N–C) groups is 2. The molecular weight excluding hydrogens is 999 g/mol. The molecule has 6 aromatic rings. The first-order valence-electron chi connectivity index (χ1n) is 21.7. The zero-order valence-corrected chi connectivity index (χ0v) is 41.5. The second kappa shape index (κ2) is 19.2. The maximum absolute atomic E-state index is 13.4. The molecule has 4 aliphatic rings. The van der Waals surface area contributed by atoms with Gasteiger partial charge in [-0.1, -0.05) is 107 Å². The number of halogens is 1. The third kappa shape index (κ3) is 9.69. The summed E-state index contributed by atoms with van der Waals surface area (Å²) in [5.74, 6) is 1.33. The van der Waals surface area contributed by atoms with E-state index >= 15 is 0 Å². The van der Waals surface area contributed by atoms with Crippen molar-refractivity contribution in [3.05, 3.63) is 172 Å². The maximum atomic E-state index is 13.4. The van der Waals surface area contributed by atoms with Crippen molar-refractivity contribution in [2.75, 3.05) is 26.6 Å². The number of ether oxygens (including phenoxy) is 2. The smallest absolute Gasteiger partial charge is 0.485 e. The summed E-state index contributed by atoms with van der Waals surface area (Å²) in [4.78, 5) is 38.9. The summed E-state index contributed by atoms with van der Waals surface area (Å²) in [6.45, 7) is 0. The molecule has 0 bridgehead atoms. The Balaban J connectivity index is 0.000000155. The summed E-state index contributed by atoms with van der Waals surface area (Å²) in [6.07, 6.45) is 2.40. The molecule has 0 radical (unpaired) electrons. The number of sulfone groups is 2. The Kier molecular flexibility index (Phi) is 13.6. The maximum Gasteiger partial charge on any atom is 0.488 e. The normalized spacial score (nSPS) is 21.2. The van der Waals surface area contributed by atoms with Gasteiger partial charge in [0.15, 0.2) is 42.7 Å². The lowest BCUT2D eigenvalue weighted by atomic mass is 9.79. The summed E-state index contributed by atoms with van der Waals surface area (Å²) in [5, 5.41) is 17.4. The van der Waals surface area contributed by atoms with E-state index in [1.54, 1.807) is 38.4 Å². The lowest BCUT2D eigenvalue weighted by molar-refractivity contribution is -0.133. The van der Waals surface area contributed by atoms with Gasteiger partial charge in [-0.3, -0.25) is 19.4 Å². The summed E-state index contributed by atoms with van der Waals surface area (Å²) in [7, 11) is -4.78. The van der Waals surface area contributed by atoms with Gasteiger partial charge >= 0.3 is 7.12 Å². The van der Waals surface area contributed by atoms with E-state index in [0.717, 1.165) is 38.5 Å². The van der Waals surface area contributed by atoms with Gasteiger partial charge in [0.1, 0.15) is 23.7 Å². The number of fused-ring (bicyclic) bond motifs is 4. The molecule has 2 spiro atoms. The van der Waals surface area contributed by atoms with Gasteiger partial charge in [0.2, 0.25) is 0 Å². The van der Waals surface area contributed by atoms with Gasteiger partial charge in [0.05, 0.1) is 9.79 Å². The lowest BCUT2D eigenvalue weighted by Gasteiger charge is -2.37. The van der Waals surface area contributed by atoms with E-state index in [1.807, 2.05) is 97.1 Å². The Morgan fingerprint density at radius 3 is 1.40 bits per heavy atom. The van der Waals surface area contributed by atoms with E-state index in [0.29, 0.717) is 29.9 Å². The van der Waals surface area contributed by atoms with Crippen LogP contribution in [0.1, 0.15) is 47.3 Å². The first kappa shape index (κ1) is 49.6. The van der Waals surface area contributed by atoms with Gasteiger partial charge < -0.3 is 31.0 Å². The predicted molar refractivity (Wildman–Crippen MR) is 270 cm³/mol. The zero-order valence-electron chi connectivity index (χ0n) is 38.3. The predicted octanol–water partition coefficient (Wildman–Crippen LogP) is 4.99.